The summed E-state index contributed by atoms with van der Waals surface area (Å²) in [6.07, 6.45) is 0. The highest BCUT2D eigenvalue weighted by Crippen LogP contribution is 2.51. The van der Waals surface area contributed by atoms with Crippen molar-refractivity contribution in [3.63, 3.8) is 0 Å². The van der Waals surface area contributed by atoms with Crippen molar-refractivity contribution in [2.45, 2.75) is 0 Å². The topological polar surface area (TPSA) is 17.1 Å². The predicted molar refractivity (Wildman–Crippen MR) is 226 cm³/mol. The van der Waals surface area contributed by atoms with Crippen LogP contribution in [0.4, 0.5) is 0 Å². The first-order chi connectivity index (χ1) is 26.7. The first-order valence-corrected chi connectivity index (χ1v) is 18.4. The van der Waals surface area contributed by atoms with Gasteiger partial charge in [-0.05, 0) is 103 Å². The van der Waals surface area contributed by atoms with Crippen LogP contribution in [-0.2, 0) is 4.79 Å². The van der Waals surface area contributed by atoms with Gasteiger partial charge in [-0.15, -0.1) is 0 Å². The minimum Gasteiger partial charge on any atom is -0.289 e. The van der Waals surface area contributed by atoms with Gasteiger partial charge in [0.15, 0.2) is 5.78 Å². The molecule has 1 heteroatoms. The molecule has 0 spiro atoms. The largest absolute Gasteiger partial charge is 0.289 e. The van der Waals surface area contributed by atoms with E-state index in [4.69, 9.17) is 0 Å². The Hall–Kier alpha value is -7.09. The Bertz CT molecular complexity index is 2350. The van der Waals surface area contributed by atoms with Crippen molar-refractivity contribution >= 4 is 28.1 Å². The van der Waals surface area contributed by atoms with E-state index in [9.17, 15) is 0 Å². The monoisotopic (exact) mass is 688 g/mol. The molecular formula is C53H36O. The Morgan fingerprint density at radius 3 is 0.630 bits per heavy atom. The van der Waals surface area contributed by atoms with Gasteiger partial charge in [-0.2, -0.15) is 0 Å². The molecule has 0 saturated heterocycles. The maximum atomic E-state index is 15.7. The average molecular weight is 689 g/mol. The molecule has 8 aromatic carbocycles. The summed E-state index contributed by atoms with van der Waals surface area (Å²) in [4.78, 5) is 15.7. The lowest BCUT2D eigenvalue weighted by atomic mass is 9.87. The van der Waals surface area contributed by atoms with Crippen molar-refractivity contribution in [3.8, 4) is 44.5 Å². The maximum absolute atomic E-state index is 15.7. The Morgan fingerprint density at radius 2 is 0.389 bits per heavy atom. The van der Waals surface area contributed by atoms with Gasteiger partial charge in [-0.1, -0.05) is 182 Å². The second-order valence-corrected chi connectivity index (χ2v) is 13.6. The number of allylic oxidation sites excluding steroid dienone is 4. The van der Waals surface area contributed by atoms with E-state index in [0.29, 0.717) is 11.1 Å². The van der Waals surface area contributed by atoms with Crippen molar-refractivity contribution in [2.24, 2.45) is 0 Å². The van der Waals surface area contributed by atoms with Crippen LogP contribution in [0.25, 0.3) is 66.8 Å². The molecule has 54 heavy (non-hydrogen) atoms. The lowest BCUT2D eigenvalue weighted by Gasteiger charge is -2.15. The van der Waals surface area contributed by atoms with Crippen LogP contribution < -0.4 is 0 Å². The lowest BCUT2D eigenvalue weighted by molar-refractivity contribution is -0.108. The summed E-state index contributed by atoms with van der Waals surface area (Å²) in [5, 5.41) is 0. The molecule has 0 saturated carbocycles. The molecule has 1 nitrogen and oxygen atoms in total. The smallest absolute Gasteiger partial charge is 0.195 e. The van der Waals surface area contributed by atoms with Gasteiger partial charge in [-0.3, -0.25) is 4.79 Å². The number of ketones is 1. The number of rotatable bonds is 8. The van der Waals surface area contributed by atoms with Gasteiger partial charge in [0.1, 0.15) is 0 Å². The summed E-state index contributed by atoms with van der Waals surface area (Å²) in [7, 11) is 0. The zero-order valence-corrected chi connectivity index (χ0v) is 29.7. The second-order valence-electron chi connectivity index (χ2n) is 13.6. The van der Waals surface area contributed by atoms with E-state index in [-0.39, 0.29) is 5.78 Å². The van der Waals surface area contributed by atoms with E-state index in [1.807, 2.05) is 36.4 Å². The molecule has 9 rings (SSSR count). The third-order valence-corrected chi connectivity index (χ3v) is 10.2. The summed E-state index contributed by atoms with van der Waals surface area (Å²) in [6.45, 7) is 0. The summed E-state index contributed by atoms with van der Waals surface area (Å²) in [5.41, 5.74) is 15.7. The van der Waals surface area contributed by atoms with E-state index in [1.165, 1.54) is 0 Å². The van der Waals surface area contributed by atoms with Crippen LogP contribution in [0, 0.1) is 0 Å². The van der Waals surface area contributed by atoms with Crippen LogP contribution >= 0.6 is 0 Å². The van der Waals surface area contributed by atoms with Crippen molar-refractivity contribution in [1.82, 2.24) is 0 Å². The molecule has 0 heterocycles. The summed E-state index contributed by atoms with van der Waals surface area (Å²) < 4.78 is 0. The minimum absolute atomic E-state index is 0.0150. The molecule has 8 aromatic rings. The van der Waals surface area contributed by atoms with Crippen LogP contribution in [0.15, 0.2) is 218 Å². The highest BCUT2D eigenvalue weighted by molar-refractivity contribution is 6.59. The van der Waals surface area contributed by atoms with Crippen LogP contribution in [0.5, 0.6) is 0 Å². The third-order valence-electron chi connectivity index (χ3n) is 10.2. The Morgan fingerprint density at radius 1 is 0.185 bits per heavy atom. The fourth-order valence-corrected chi connectivity index (χ4v) is 7.67. The third kappa shape index (κ3) is 6.34. The number of benzene rings is 8. The summed E-state index contributed by atoms with van der Waals surface area (Å²) in [6, 6.07) is 75.8. The normalized spacial score (nSPS) is 12.7. The first kappa shape index (κ1) is 32.8. The molecule has 0 atom stereocenters. The van der Waals surface area contributed by atoms with Crippen LogP contribution in [-0.4, -0.2) is 5.78 Å². The van der Waals surface area contributed by atoms with Gasteiger partial charge in [0.25, 0.3) is 0 Å². The fourth-order valence-electron chi connectivity index (χ4n) is 7.67. The highest BCUT2D eigenvalue weighted by atomic mass is 16.1. The van der Waals surface area contributed by atoms with Gasteiger partial charge >= 0.3 is 0 Å². The average Bonchev–Trinajstić information content (AvgIpc) is 3.57. The predicted octanol–water partition coefficient (Wildman–Crippen LogP) is 13.5. The van der Waals surface area contributed by atoms with Gasteiger partial charge in [0.2, 0.25) is 0 Å². The number of carbonyl (C=O) groups excluding carboxylic acids is 1. The zero-order chi connectivity index (χ0) is 36.3. The Balaban J connectivity index is 1.35. The number of hydrogen-bond acceptors (Lipinski definition) is 1. The molecular weight excluding hydrogens is 653 g/mol. The molecule has 0 N–H and O–H groups in total. The van der Waals surface area contributed by atoms with Gasteiger partial charge in [-0.25, -0.2) is 0 Å². The first-order valence-electron chi connectivity index (χ1n) is 18.4. The van der Waals surface area contributed by atoms with Crippen molar-refractivity contribution in [1.29, 1.82) is 0 Å². The van der Waals surface area contributed by atoms with E-state index in [2.05, 4.69) is 182 Å². The second kappa shape index (κ2) is 14.5. The Kier molecular flexibility index (Phi) is 8.81. The van der Waals surface area contributed by atoms with Crippen molar-refractivity contribution in [3.05, 3.63) is 241 Å². The van der Waals surface area contributed by atoms with Crippen LogP contribution in [0.1, 0.15) is 22.3 Å². The molecule has 0 bridgehead atoms. The molecule has 0 aliphatic heterocycles. The summed E-state index contributed by atoms with van der Waals surface area (Å²) in [5.74, 6) is 0.0150. The van der Waals surface area contributed by atoms with E-state index in [0.717, 1.165) is 77.9 Å². The standard InChI is InChI=1S/C53H36O/c54-53-51(47-33-43(37-19-7-1-8-20-37)31-44(34-47)38-21-9-2-10-22-38)49(41-27-15-5-16-28-41)50(42-29-17-6-18-30-42)52(53)48-35-45(39-23-11-3-12-24-39)32-46(36-48)40-25-13-4-14-26-40/h1-36H. The SMILES string of the molecule is O=C1C(c2cc(-c3ccccc3)cc(-c3ccccc3)c2)=C(c2ccccc2)C(c2ccccc2)=C1c1cc(-c2ccccc2)cc(-c2ccccc2)c1. The Labute approximate surface area is 316 Å². The molecule has 0 unspecified atom stereocenters. The maximum Gasteiger partial charge on any atom is 0.195 e. The minimum atomic E-state index is 0.0150. The van der Waals surface area contributed by atoms with Crippen molar-refractivity contribution < 1.29 is 4.79 Å². The van der Waals surface area contributed by atoms with Gasteiger partial charge in [0.05, 0.1) is 0 Å². The number of carbonyl (C=O) groups is 1. The number of Topliss-reactive ketones (excluding diaryl/α,β-unsaturated/α-hetero) is 1. The lowest BCUT2D eigenvalue weighted by Crippen LogP contribution is -2.03. The van der Waals surface area contributed by atoms with E-state index >= 15 is 4.79 Å². The quantitative estimate of drug-likeness (QED) is 0.155. The molecule has 0 aromatic heterocycles. The van der Waals surface area contributed by atoms with E-state index in [1.54, 1.807) is 0 Å². The molecule has 0 radical (unpaired) electrons. The fraction of sp³-hybridized carbons (Fsp3) is 0. The summed E-state index contributed by atoms with van der Waals surface area (Å²) >= 11 is 0. The molecule has 254 valence electrons. The van der Waals surface area contributed by atoms with Crippen LogP contribution in [0.2, 0.25) is 0 Å². The van der Waals surface area contributed by atoms with E-state index < -0.39 is 0 Å². The molecule has 0 fully saturated rings. The van der Waals surface area contributed by atoms with Crippen molar-refractivity contribution in [2.75, 3.05) is 0 Å². The molecule has 1 aliphatic carbocycles. The zero-order valence-electron chi connectivity index (χ0n) is 29.7. The number of hydrogen-bond donors (Lipinski definition) is 0. The van der Waals surface area contributed by atoms with Gasteiger partial charge < -0.3 is 0 Å². The molecule has 0 amide bonds. The highest BCUT2D eigenvalue weighted by Gasteiger charge is 2.36. The van der Waals surface area contributed by atoms with Gasteiger partial charge in [0, 0.05) is 22.3 Å². The molecule has 1 aliphatic rings. The van der Waals surface area contributed by atoms with Crippen LogP contribution in [0.3, 0.4) is 0 Å².